The van der Waals surface area contributed by atoms with Crippen LogP contribution in [0.5, 0.6) is 0 Å². The fourth-order valence-electron chi connectivity index (χ4n) is 4.86. The molecule has 0 N–H and O–H groups in total. The zero-order chi connectivity index (χ0) is 32.4. The first kappa shape index (κ1) is 35.1. The fraction of sp³-hybridized carbons (Fsp3) is 0.316. The molecule has 0 fully saturated rings. The van der Waals surface area contributed by atoms with Crippen LogP contribution < -0.4 is 0 Å². The largest absolute Gasteiger partial charge is 0.457 e. The number of hydrogen-bond acceptors (Lipinski definition) is 8. The molecule has 4 rings (SSSR count). The molecule has 4 aromatic rings. The standard InChI is InChI=1S/C38H42O7S/c1-3-46-38(40)37(44-27-33-22-14-7-15-23-33)36(43-26-32-20-12-6-13-21-32)35(42-25-31-18-10-5-11-19-31)34(45-29(2)39)28-41-24-30-16-8-4-9-17-30/h4-23,34-37H,3,24-28H2,1-2H3/t34-,35-,36+,37-/m1/s1. The van der Waals surface area contributed by atoms with E-state index < -0.39 is 30.4 Å². The van der Waals surface area contributed by atoms with Crippen molar-refractivity contribution in [3.05, 3.63) is 144 Å². The summed E-state index contributed by atoms with van der Waals surface area (Å²) >= 11 is 1.16. The van der Waals surface area contributed by atoms with E-state index in [9.17, 15) is 9.59 Å². The van der Waals surface area contributed by atoms with E-state index in [-0.39, 0.29) is 31.5 Å². The Hall–Kier alpha value is -3.79. The van der Waals surface area contributed by atoms with Crippen molar-refractivity contribution in [3.63, 3.8) is 0 Å². The summed E-state index contributed by atoms with van der Waals surface area (Å²) in [5.74, 6) is 0.0536. The molecule has 46 heavy (non-hydrogen) atoms. The number of ether oxygens (including phenoxy) is 5. The molecule has 0 saturated heterocycles. The normalized spacial score (nSPS) is 13.8. The van der Waals surface area contributed by atoms with Gasteiger partial charge in [0.25, 0.3) is 0 Å². The lowest BCUT2D eigenvalue weighted by Gasteiger charge is -2.36. The van der Waals surface area contributed by atoms with Gasteiger partial charge in [-0.3, -0.25) is 9.59 Å². The smallest absolute Gasteiger partial charge is 0.303 e. The van der Waals surface area contributed by atoms with Crippen molar-refractivity contribution < 1.29 is 33.3 Å². The molecule has 4 aromatic carbocycles. The average molecular weight is 643 g/mol. The van der Waals surface area contributed by atoms with Gasteiger partial charge in [0.2, 0.25) is 5.12 Å². The van der Waals surface area contributed by atoms with E-state index >= 15 is 0 Å². The molecule has 0 radical (unpaired) electrons. The number of benzene rings is 4. The Morgan fingerprint density at radius 2 is 1.00 bits per heavy atom. The van der Waals surface area contributed by atoms with Crippen LogP contribution in [-0.2, 0) is 59.7 Å². The lowest BCUT2D eigenvalue weighted by molar-refractivity contribution is -0.199. The first-order valence-corrected chi connectivity index (χ1v) is 16.4. The Balaban J connectivity index is 1.70. The zero-order valence-electron chi connectivity index (χ0n) is 26.4. The maximum absolute atomic E-state index is 13.8. The maximum Gasteiger partial charge on any atom is 0.303 e. The summed E-state index contributed by atoms with van der Waals surface area (Å²) in [6.45, 7) is 4.13. The first-order chi connectivity index (χ1) is 22.5. The molecule has 0 unspecified atom stereocenters. The van der Waals surface area contributed by atoms with E-state index in [1.807, 2.05) is 128 Å². The Kier molecular flexibility index (Phi) is 15.0. The van der Waals surface area contributed by atoms with Gasteiger partial charge in [-0.1, -0.05) is 140 Å². The molecule has 7 nitrogen and oxygen atoms in total. The van der Waals surface area contributed by atoms with Gasteiger partial charge in [-0.05, 0) is 28.0 Å². The number of esters is 1. The van der Waals surface area contributed by atoms with Crippen molar-refractivity contribution in [2.24, 2.45) is 0 Å². The molecular formula is C38H42O7S. The van der Waals surface area contributed by atoms with Crippen LogP contribution >= 0.6 is 11.8 Å². The summed E-state index contributed by atoms with van der Waals surface area (Å²) in [7, 11) is 0. The molecule has 4 atom stereocenters. The predicted octanol–water partition coefficient (Wildman–Crippen LogP) is 7.17. The van der Waals surface area contributed by atoms with Crippen LogP contribution in [0.25, 0.3) is 0 Å². The highest BCUT2D eigenvalue weighted by molar-refractivity contribution is 8.13. The van der Waals surface area contributed by atoms with Crippen LogP contribution in [-0.4, -0.2) is 47.9 Å². The molecule has 0 aliphatic heterocycles. The molecule has 0 spiro atoms. The Bertz CT molecular complexity index is 1420. The molecule has 0 aromatic heterocycles. The van der Waals surface area contributed by atoms with Gasteiger partial charge >= 0.3 is 5.97 Å². The molecule has 0 heterocycles. The van der Waals surface area contributed by atoms with Gasteiger partial charge in [-0.25, -0.2) is 0 Å². The summed E-state index contributed by atoms with van der Waals surface area (Å²) in [5.41, 5.74) is 3.71. The number of rotatable bonds is 19. The van der Waals surface area contributed by atoms with Gasteiger partial charge in [-0.15, -0.1) is 0 Å². The second-order valence-corrected chi connectivity index (χ2v) is 11.9. The molecular weight excluding hydrogens is 600 g/mol. The highest BCUT2D eigenvalue weighted by atomic mass is 32.2. The van der Waals surface area contributed by atoms with E-state index in [1.54, 1.807) is 0 Å². The van der Waals surface area contributed by atoms with Crippen molar-refractivity contribution >= 4 is 22.8 Å². The van der Waals surface area contributed by atoms with Crippen molar-refractivity contribution in [2.75, 3.05) is 12.4 Å². The minimum Gasteiger partial charge on any atom is -0.457 e. The van der Waals surface area contributed by atoms with Crippen molar-refractivity contribution in [1.29, 1.82) is 0 Å². The maximum atomic E-state index is 13.8. The Morgan fingerprint density at radius 1 is 0.587 bits per heavy atom. The molecule has 0 saturated carbocycles. The van der Waals surface area contributed by atoms with Crippen LogP contribution in [0, 0.1) is 0 Å². The Morgan fingerprint density at radius 3 is 1.43 bits per heavy atom. The second-order valence-electron chi connectivity index (χ2n) is 10.6. The molecule has 0 aliphatic rings. The van der Waals surface area contributed by atoms with E-state index in [2.05, 4.69) is 0 Å². The van der Waals surface area contributed by atoms with Gasteiger partial charge in [0.1, 0.15) is 12.2 Å². The van der Waals surface area contributed by atoms with E-state index in [0.717, 1.165) is 34.0 Å². The minimum absolute atomic E-state index is 0.0135. The van der Waals surface area contributed by atoms with Crippen LogP contribution in [0.15, 0.2) is 121 Å². The Labute approximate surface area is 276 Å². The number of hydrogen-bond donors (Lipinski definition) is 0. The van der Waals surface area contributed by atoms with Crippen LogP contribution in [0.4, 0.5) is 0 Å². The molecule has 0 bridgehead atoms. The minimum atomic E-state index is -1.04. The average Bonchev–Trinajstić information content (AvgIpc) is 3.08. The number of thioether (sulfide) groups is 1. The monoisotopic (exact) mass is 642 g/mol. The van der Waals surface area contributed by atoms with Gasteiger partial charge in [0.15, 0.2) is 12.2 Å². The molecule has 8 heteroatoms. The summed E-state index contributed by atoms with van der Waals surface area (Å²) in [4.78, 5) is 26.3. The van der Waals surface area contributed by atoms with Crippen molar-refractivity contribution in [3.8, 4) is 0 Å². The predicted molar refractivity (Wildman–Crippen MR) is 180 cm³/mol. The van der Waals surface area contributed by atoms with Crippen LogP contribution in [0.1, 0.15) is 36.1 Å². The molecule has 242 valence electrons. The topological polar surface area (TPSA) is 80.3 Å². The lowest BCUT2D eigenvalue weighted by atomic mass is 10.0. The third-order valence-corrected chi connectivity index (χ3v) is 7.87. The van der Waals surface area contributed by atoms with Gasteiger partial charge < -0.3 is 23.7 Å². The first-order valence-electron chi connectivity index (χ1n) is 15.5. The third kappa shape index (κ3) is 11.9. The van der Waals surface area contributed by atoms with Crippen molar-refractivity contribution in [2.45, 2.75) is 64.7 Å². The van der Waals surface area contributed by atoms with Gasteiger partial charge in [-0.2, -0.15) is 0 Å². The SMILES string of the molecule is CCSC(=O)[C@H](OCc1ccccc1)[C@@H](OCc1ccccc1)[C@H](OCc1ccccc1)[C@@H](COCc1ccccc1)OC(C)=O. The quantitative estimate of drug-likeness (QED) is 0.0997. The summed E-state index contributed by atoms with van der Waals surface area (Å²) < 4.78 is 31.6. The third-order valence-electron chi connectivity index (χ3n) is 7.06. The van der Waals surface area contributed by atoms with Crippen LogP contribution in [0.3, 0.4) is 0 Å². The van der Waals surface area contributed by atoms with E-state index in [0.29, 0.717) is 12.4 Å². The summed E-state index contributed by atoms with van der Waals surface area (Å²) in [5, 5.41) is -0.198. The second kappa shape index (κ2) is 19.7. The highest BCUT2D eigenvalue weighted by Gasteiger charge is 2.42. The number of carbonyl (C=O) groups is 2. The van der Waals surface area contributed by atoms with Crippen molar-refractivity contribution in [1.82, 2.24) is 0 Å². The summed E-state index contributed by atoms with van der Waals surface area (Å²) in [6.07, 6.45) is -3.83. The van der Waals surface area contributed by atoms with E-state index in [4.69, 9.17) is 23.7 Å². The van der Waals surface area contributed by atoms with Crippen LogP contribution in [0.2, 0.25) is 0 Å². The summed E-state index contributed by atoms with van der Waals surface area (Å²) in [6, 6.07) is 38.8. The van der Waals surface area contributed by atoms with Gasteiger partial charge in [0, 0.05) is 6.92 Å². The zero-order valence-corrected chi connectivity index (χ0v) is 27.2. The van der Waals surface area contributed by atoms with Gasteiger partial charge in [0.05, 0.1) is 33.0 Å². The fourth-order valence-corrected chi connectivity index (χ4v) is 5.51. The number of carbonyl (C=O) groups excluding carboxylic acids is 2. The van der Waals surface area contributed by atoms with E-state index in [1.165, 1.54) is 6.92 Å². The highest BCUT2D eigenvalue weighted by Crippen LogP contribution is 2.26. The lowest BCUT2D eigenvalue weighted by Crippen LogP contribution is -2.53. The molecule has 0 aliphatic carbocycles. The molecule has 0 amide bonds.